The molecular weight excluding hydrogens is 587 g/mol. The number of methoxy groups -OCH3 is 1. The van der Waals surface area contributed by atoms with Crippen LogP contribution in [-0.4, -0.2) is 42.5 Å². The summed E-state index contributed by atoms with van der Waals surface area (Å²) < 4.78 is 135. The number of carbonyl (C=O) groups is 2. The van der Waals surface area contributed by atoms with Crippen molar-refractivity contribution < 1.29 is 58.6 Å². The van der Waals surface area contributed by atoms with Crippen LogP contribution < -0.4 is 4.90 Å². The molecule has 2 aromatic rings. The Labute approximate surface area is 235 Å². The third-order valence-electron chi connectivity index (χ3n) is 7.01. The zero-order chi connectivity index (χ0) is 31.7. The summed E-state index contributed by atoms with van der Waals surface area (Å²) in [5.74, 6) is 0. The van der Waals surface area contributed by atoms with Gasteiger partial charge in [-0.3, -0.25) is 9.80 Å². The highest BCUT2D eigenvalue weighted by atomic mass is 19.4. The van der Waals surface area contributed by atoms with Crippen LogP contribution in [0.15, 0.2) is 42.5 Å². The molecule has 0 aliphatic carbocycles. The zero-order valence-electron chi connectivity index (χ0n) is 22.6. The monoisotopic (exact) mass is 614 g/mol. The van der Waals surface area contributed by atoms with Gasteiger partial charge in [0.05, 0.1) is 36.6 Å². The van der Waals surface area contributed by atoms with Crippen LogP contribution in [0.2, 0.25) is 0 Å². The number of fused-ring (bicyclic) bond motifs is 1. The topological polar surface area (TPSA) is 59.1 Å². The molecule has 6 nitrogen and oxygen atoms in total. The van der Waals surface area contributed by atoms with E-state index in [1.165, 1.54) is 24.3 Å². The van der Waals surface area contributed by atoms with Gasteiger partial charge in [-0.15, -0.1) is 0 Å². The fourth-order valence-electron chi connectivity index (χ4n) is 5.00. The number of para-hydroxylation sites is 1. The average molecular weight is 615 g/mol. The van der Waals surface area contributed by atoms with Crippen LogP contribution >= 0.6 is 0 Å². The number of hydrogen-bond acceptors (Lipinski definition) is 4. The number of ether oxygens (including phenoxy) is 2. The normalized spacial score (nSPS) is 19.2. The van der Waals surface area contributed by atoms with E-state index >= 15 is 0 Å². The molecule has 1 aliphatic heterocycles. The molecular formula is C27H27F9N2O4. The van der Waals surface area contributed by atoms with Gasteiger partial charge >= 0.3 is 30.7 Å². The second-order valence-electron chi connectivity index (χ2n) is 9.62. The maximum atomic E-state index is 14.9. The number of rotatable bonds is 6. The molecule has 0 fully saturated rings. The molecule has 3 rings (SSSR count). The van der Waals surface area contributed by atoms with Gasteiger partial charge in [-0.25, -0.2) is 9.59 Å². The number of amides is 2. The van der Waals surface area contributed by atoms with Crippen LogP contribution in [0.1, 0.15) is 61.4 Å². The van der Waals surface area contributed by atoms with Crippen molar-refractivity contribution >= 4 is 17.9 Å². The summed E-state index contributed by atoms with van der Waals surface area (Å²) in [7, 11) is 0.864. The van der Waals surface area contributed by atoms with Gasteiger partial charge in [-0.1, -0.05) is 32.0 Å². The minimum Gasteiger partial charge on any atom is -0.453 e. The van der Waals surface area contributed by atoms with E-state index in [9.17, 15) is 49.1 Å². The minimum absolute atomic E-state index is 0.0207. The molecule has 0 saturated carbocycles. The largest absolute Gasteiger partial charge is 0.453 e. The van der Waals surface area contributed by atoms with E-state index in [-0.39, 0.29) is 23.9 Å². The smallest absolute Gasteiger partial charge is 0.416 e. The van der Waals surface area contributed by atoms with Crippen LogP contribution in [-0.2, 0) is 28.4 Å². The maximum Gasteiger partial charge on any atom is 0.416 e. The Hall–Kier alpha value is -3.65. The lowest BCUT2D eigenvalue weighted by atomic mass is 9.78. The van der Waals surface area contributed by atoms with Gasteiger partial charge in [0.1, 0.15) is 5.54 Å². The Kier molecular flexibility index (Phi) is 9.32. The lowest BCUT2D eigenvalue weighted by Crippen LogP contribution is -2.65. The van der Waals surface area contributed by atoms with E-state index in [4.69, 9.17) is 9.47 Å². The van der Waals surface area contributed by atoms with Crippen molar-refractivity contribution in [2.45, 2.75) is 69.8 Å². The Morgan fingerprint density at radius 1 is 0.952 bits per heavy atom. The molecule has 0 N–H and O–H groups in total. The number of nitrogens with zero attached hydrogens (tertiary/aromatic N) is 2. The number of halogens is 9. The van der Waals surface area contributed by atoms with E-state index < -0.39 is 78.4 Å². The summed E-state index contributed by atoms with van der Waals surface area (Å²) in [5.41, 5.74) is -7.25. The first kappa shape index (κ1) is 32.9. The summed E-state index contributed by atoms with van der Waals surface area (Å²) in [5, 5.41) is 0. The van der Waals surface area contributed by atoms with Gasteiger partial charge in [0.2, 0.25) is 0 Å². The van der Waals surface area contributed by atoms with Gasteiger partial charge in [0.25, 0.3) is 0 Å². The van der Waals surface area contributed by atoms with Crippen molar-refractivity contribution in [3.63, 3.8) is 0 Å². The van der Waals surface area contributed by atoms with E-state index in [1.807, 2.05) is 0 Å². The Morgan fingerprint density at radius 2 is 1.52 bits per heavy atom. The highest BCUT2D eigenvalue weighted by Crippen LogP contribution is 2.53. The fraction of sp³-hybridized carbons (Fsp3) is 0.481. The van der Waals surface area contributed by atoms with Gasteiger partial charge in [-0.2, -0.15) is 39.5 Å². The second-order valence-corrected chi connectivity index (χ2v) is 9.62. The van der Waals surface area contributed by atoms with Crippen molar-refractivity contribution in [1.29, 1.82) is 0 Å². The molecule has 42 heavy (non-hydrogen) atoms. The first-order valence-corrected chi connectivity index (χ1v) is 12.7. The van der Waals surface area contributed by atoms with Crippen molar-refractivity contribution in [2.24, 2.45) is 0 Å². The Bertz CT molecular complexity index is 1260. The van der Waals surface area contributed by atoms with Crippen LogP contribution in [0.5, 0.6) is 0 Å². The Balaban J connectivity index is 2.25. The van der Waals surface area contributed by atoms with E-state index in [1.54, 1.807) is 6.92 Å². The molecule has 232 valence electrons. The summed E-state index contributed by atoms with van der Waals surface area (Å²) >= 11 is 0. The maximum absolute atomic E-state index is 14.9. The molecule has 1 heterocycles. The van der Waals surface area contributed by atoms with Crippen LogP contribution in [0.3, 0.4) is 0 Å². The molecule has 0 saturated heterocycles. The first-order chi connectivity index (χ1) is 19.4. The predicted octanol–water partition coefficient (Wildman–Crippen LogP) is 8.50. The van der Waals surface area contributed by atoms with Gasteiger partial charge in [0.15, 0.2) is 0 Å². The van der Waals surface area contributed by atoms with Gasteiger partial charge in [0, 0.05) is 13.0 Å². The van der Waals surface area contributed by atoms with Crippen LogP contribution in [0.4, 0.5) is 54.8 Å². The van der Waals surface area contributed by atoms with Crippen molar-refractivity contribution in [3.05, 3.63) is 64.7 Å². The zero-order valence-corrected chi connectivity index (χ0v) is 22.6. The molecule has 15 heteroatoms. The van der Waals surface area contributed by atoms with Crippen LogP contribution in [0.25, 0.3) is 0 Å². The molecule has 2 atom stereocenters. The number of benzene rings is 2. The molecule has 0 spiro atoms. The summed E-state index contributed by atoms with van der Waals surface area (Å²) in [4.78, 5) is 27.1. The number of alkyl halides is 9. The molecule has 0 bridgehead atoms. The van der Waals surface area contributed by atoms with Gasteiger partial charge in [-0.05, 0) is 48.2 Å². The van der Waals surface area contributed by atoms with E-state index in [2.05, 4.69) is 0 Å². The number of carbonyl (C=O) groups excluding carboxylic acids is 2. The van der Waals surface area contributed by atoms with Crippen molar-refractivity contribution in [1.82, 2.24) is 4.90 Å². The third kappa shape index (κ3) is 6.38. The lowest BCUT2D eigenvalue weighted by Gasteiger charge is -2.51. The number of hydrogen-bond donors (Lipinski definition) is 0. The summed E-state index contributed by atoms with van der Waals surface area (Å²) in [6.07, 6.45) is -19.5. The van der Waals surface area contributed by atoms with E-state index in [0.717, 1.165) is 14.0 Å². The quantitative estimate of drug-likeness (QED) is 0.306. The molecule has 2 unspecified atom stereocenters. The summed E-state index contributed by atoms with van der Waals surface area (Å²) in [6.45, 7) is 1.63. The van der Waals surface area contributed by atoms with Crippen LogP contribution in [0, 0.1) is 0 Å². The average Bonchev–Trinajstić information content (AvgIpc) is 2.91. The molecule has 2 aromatic carbocycles. The minimum atomic E-state index is -5.20. The van der Waals surface area contributed by atoms with Gasteiger partial charge < -0.3 is 9.47 Å². The standard InChI is InChI=1S/C27H27F9N2O4/c1-4-10-42-23(40)38-20-9-7-6-8-19(20)21(14-24(38,5-2)27(34,35)36)37(22(39)41-3)15-16-11-17(25(28,29)30)13-18(12-16)26(31,32)33/h6-9,11-13,21H,4-5,10,14-15H2,1-3H3. The third-order valence-corrected chi connectivity index (χ3v) is 7.01. The first-order valence-electron chi connectivity index (χ1n) is 12.7. The highest BCUT2D eigenvalue weighted by molar-refractivity contribution is 5.92. The molecule has 1 aliphatic rings. The van der Waals surface area contributed by atoms with Crippen molar-refractivity contribution in [3.8, 4) is 0 Å². The molecule has 0 radical (unpaired) electrons. The summed E-state index contributed by atoms with van der Waals surface area (Å²) in [6, 6.07) is 4.29. The van der Waals surface area contributed by atoms with E-state index in [0.29, 0.717) is 28.4 Å². The SMILES string of the molecule is CCCOC(=O)N1c2ccccc2C(N(Cc2cc(C(F)(F)F)cc(C(F)(F)F)c2)C(=O)OC)CC1(CC)C(F)(F)F. The fourth-order valence-corrected chi connectivity index (χ4v) is 5.00. The van der Waals surface area contributed by atoms with Crippen molar-refractivity contribution in [2.75, 3.05) is 18.6 Å². The second kappa shape index (κ2) is 11.9. The lowest BCUT2D eigenvalue weighted by molar-refractivity contribution is -0.194. The number of anilines is 1. The predicted molar refractivity (Wildman–Crippen MR) is 131 cm³/mol. The molecule has 2 amide bonds. The Morgan fingerprint density at radius 3 is 2.00 bits per heavy atom. The molecule has 0 aromatic heterocycles. The highest BCUT2D eigenvalue weighted by Gasteiger charge is 2.63.